The van der Waals surface area contributed by atoms with Crippen molar-refractivity contribution in [2.24, 2.45) is 27.9 Å². The van der Waals surface area contributed by atoms with Crippen LogP contribution in [0.25, 0.3) is 0 Å². The van der Waals surface area contributed by atoms with E-state index in [1.807, 2.05) is 6.26 Å². The SMILES string of the molecule is CSCCC(NC(=O)CNC(=O)C(CCCN=C(N)N)NC(=O)C(N)CCC(N)=O)C(=O)O. The summed E-state index contributed by atoms with van der Waals surface area (Å²) in [5, 5.41) is 16.3. The van der Waals surface area contributed by atoms with Crippen molar-refractivity contribution in [3.63, 3.8) is 0 Å². The van der Waals surface area contributed by atoms with Gasteiger partial charge in [-0.1, -0.05) is 0 Å². The summed E-state index contributed by atoms with van der Waals surface area (Å²) in [6.07, 6.45) is 2.39. The highest BCUT2D eigenvalue weighted by Gasteiger charge is 2.25. The summed E-state index contributed by atoms with van der Waals surface area (Å²) in [7, 11) is 0. The van der Waals surface area contributed by atoms with Crippen LogP contribution >= 0.6 is 11.8 Å². The average Bonchev–Trinajstić information content (AvgIpc) is 2.74. The van der Waals surface area contributed by atoms with Crippen molar-refractivity contribution in [1.82, 2.24) is 16.0 Å². The molecule has 14 nitrogen and oxygen atoms in total. The zero-order valence-corrected chi connectivity index (χ0v) is 19.4. The Balaban J connectivity index is 4.96. The number of guanidine groups is 1. The fraction of sp³-hybridized carbons (Fsp3) is 0.667. The number of carboxylic acids is 1. The van der Waals surface area contributed by atoms with E-state index in [0.29, 0.717) is 12.2 Å². The minimum atomic E-state index is -1.18. The number of carboxylic acid groups (broad SMARTS) is 1. The second-order valence-electron chi connectivity index (χ2n) is 7.08. The average molecular weight is 491 g/mol. The second-order valence-corrected chi connectivity index (χ2v) is 8.06. The van der Waals surface area contributed by atoms with Crippen LogP contribution in [0.5, 0.6) is 0 Å². The number of thioether (sulfide) groups is 1. The van der Waals surface area contributed by atoms with Gasteiger partial charge < -0.3 is 44.0 Å². The molecule has 0 saturated carbocycles. The standard InChI is InChI=1S/C18H34N8O6S/c1-33-8-6-12(17(31)32)25-14(28)9-24-16(30)11(3-2-7-23-18(21)22)26-15(29)10(19)4-5-13(20)27/h10-12H,2-9,19H2,1H3,(H2,20,27)(H,24,30)(H,25,28)(H,26,29)(H,31,32)(H4,21,22,23). The van der Waals surface area contributed by atoms with Gasteiger partial charge in [0.15, 0.2) is 5.96 Å². The van der Waals surface area contributed by atoms with Crippen molar-refractivity contribution in [3.8, 4) is 0 Å². The molecule has 0 aliphatic carbocycles. The van der Waals surface area contributed by atoms with E-state index < -0.39 is 54.3 Å². The molecule has 0 bridgehead atoms. The van der Waals surface area contributed by atoms with Gasteiger partial charge in [0, 0.05) is 13.0 Å². The van der Waals surface area contributed by atoms with Gasteiger partial charge in [0.25, 0.3) is 0 Å². The van der Waals surface area contributed by atoms with Crippen LogP contribution in [-0.2, 0) is 24.0 Å². The fourth-order valence-electron chi connectivity index (χ4n) is 2.51. The summed E-state index contributed by atoms with van der Waals surface area (Å²) >= 11 is 1.44. The number of nitrogens with two attached hydrogens (primary N) is 4. The third-order valence-electron chi connectivity index (χ3n) is 4.28. The van der Waals surface area contributed by atoms with Crippen LogP contribution in [0.4, 0.5) is 0 Å². The van der Waals surface area contributed by atoms with Crippen LogP contribution in [0, 0.1) is 0 Å². The summed E-state index contributed by atoms with van der Waals surface area (Å²) in [5.74, 6) is -3.44. The lowest BCUT2D eigenvalue weighted by molar-refractivity contribution is -0.141. The predicted octanol–water partition coefficient (Wildman–Crippen LogP) is -3.44. The van der Waals surface area contributed by atoms with Gasteiger partial charge in [-0.2, -0.15) is 11.8 Å². The molecule has 15 heteroatoms. The first-order chi connectivity index (χ1) is 15.5. The zero-order chi connectivity index (χ0) is 25.4. The van der Waals surface area contributed by atoms with Crippen molar-refractivity contribution in [3.05, 3.63) is 0 Å². The largest absolute Gasteiger partial charge is 0.480 e. The van der Waals surface area contributed by atoms with Crippen LogP contribution in [0.2, 0.25) is 0 Å². The molecule has 4 amide bonds. The highest BCUT2D eigenvalue weighted by atomic mass is 32.2. The normalized spacial score (nSPS) is 13.2. The number of amides is 4. The minimum Gasteiger partial charge on any atom is -0.480 e. The van der Waals surface area contributed by atoms with Crippen LogP contribution in [0.15, 0.2) is 4.99 Å². The summed E-state index contributed by atoms with van der Waals surface area (Å²) < 4.78 is 0. The van der Waals surface area contributed by atoms with E-state index in [-0.39, 0.29) is 38.2 Å². The lowest BCUT2D eigenvalue weighted by Crippen LogP contribution is -2.53. The maximum absolute atomic E-state index is 12.6. The maximum atomic E-state index is 12.6. The number of carbonyl (C=O) groups excluding carboxylic acids is 4. The van der Waals surface area contributed by atoms with Gasteiger partial charge >= 0.3 is 5.97 Å². The molecule has 33 heavy (non-hydrogen) atoms. The molecular formula is C18H34N8O6S. The molecule has 0 aromatic carbocycles. The number of hydrogen-bond acceptors (Lipinski definition) is 8. The van der Waals surface area contributed by atoms with Gasteiger partial charge in [-0.25, -0.2) is 4.79 Å². The molecule has 0 aliphatic rings. The van der Waals surface area contributed by atoms with Crippen molar-refractivity contribution < 1.29 is 29.1 Å². The quantitative estimate of drug-likeness (QED) is 0.0568. The number of primary amides is 1. The number of carbonyl (C=O) groups is 5. The van der Waals surface area contributed by atoms with Crippen LogP contribution in [0.3, 0.4) is 0 Å². The summed E-state index contributed by atoms with van der Waals surface area (Å²) in [6.45, 7) is -0.290. The van der Waals surface area contributed by atoms with E-state index in [4.69, 9.17) is 22.9 Å². The summed E-state index contributed by atoms with van der Waals surface area (Å²) in [6, 6.07) is -3.22. The van der Waals surface area contributed by atoms with E-state index >= 15 is 0 Å². The Labute approximate surface area is 196 Å². The van der Waals surface area contributed by atoms with Gasteiger partial charge in [0.05, 0.1) is 12.6 Å². The molecule has 188 valence electrons. The molecule has 3 atom stereocenters. The van der Waals surface area contributed by atoms with Crippen molar-refractivity contribution >= 4 is 47.3 Å². The lowest BCUT2D eigenvalue weighted by atomic mass is 10.1. The predicted molar refractivity (Wildman–Crippen MR) is 124 cm³/mol. The number of nitrogens with one attached hydrogen (secondary N) is 3. The van der Waals surface area contributed by atoms with Crippen molar-refractivity contribution in [1.29, 1.82) is 0 Å². The van der Waals surface area contributed by atoms with Gasteiger partial charge in [0.2, 0.25) is 23.6 Å². The Morgan fingerprint density at radius 2 is 1.64 bits per heavy atom. The van der Waals surface area contributed by atoms with E-state index in [1.165, 1.54) is 11.8 Å². The summed E-state index contributed by atoms with van der Waals surface area (Å²) in [4.78, 5) is 62.8. The monoisotopic (exact) mass is 490 g/mol. The highest BCUT2D eigenvalue weighted by molar-refractivity contribution is 7.98. The van der Waals surface area contributed by atoms with Gasteiger partial charge in [-0.3, -0.25) is 24.2 Å². The Kier molecular flexibility index (Phi) is 15.0. The maximum Gasteiger partial charge on any atom is 0.326 e. The van der Waals surface area contributed by atoms with E-state index in [9.17, 15) is 29.1 Å². The highest BCUT2D eigenvalue weighted by Crippen LogP contribution is 2.03. The Morgan fingerprint density at radius 3 is 2.18 bits per heavy atom. The van der Waals surface area contributed by atoms with E-state index in [2.05, 4.69) is 20.9 Å². The van der Waals surface area contributed by atoms with Crippen LogP contribution in [0.1, 0.15) is 32.1 Å². The first-order valence-electron chi connectivity index (χ1n) is 10.2. The second kappa shape index (κ2) is 16.5. The molecule has 0 radical (unpaired) electrons. The molecule has 0 aromatic heterocycles. The molecule has 0 aliphatic heterocycles. The topological polar surface area (TPSA) is 258 Å². The third-order valence-corrected chi connectivity index (χ3v) is 4.93. The molecule has 12 N–H and O–H groups in total. The fourth-order valence-corrected chi connectivity index (χ4v) is 2.98. The number of rotatable bonds is 17. The van der Waals surface area contributed by atoms with E-state index in [0.717, 1.165) is 0 Å². The van der Waals surface area contributed by atoms with E-state index in [1.54, 1.807) is 0 Å². The Hall–Kier alpha value is -3.07. The molecule has 3 unspecified atom stereocenters. The minimum absolute atomic E-state index is 0.00145. The first-order valence-corrected chi connectivity index (χ1v) is 11.6. The van der Waals surface area contributed by atoms with Gasteiger partial charge in [0.1, 0.15) is 12.1 Å². The number of aliphatic carboxylic acids is 1. The number of nitrogens with zero attached hydrogens (tertiary/aromatic N) is 1. The van der Waals surface area contributed by atoms with Gasteiger partial charge in [-0.05, 0) is 37.7 Å². The van der Waals surface area contributed by atoms with Crippen LogP contribution in [-0.4, -0.2) is 83.9 Å². The lowest BCUT2D eigenvalue weighted by Gasteiger charge is -2.21. The molecule has 0 spiro atoms. The molecule has 0 fully saturated rings. The Bertz CT molecular complexity index is 716. The third kappa shape index (κ3) is 14.6. The smallest absolute Gasteiger partial charge is 0.326 e. The van der Waals surface area contributed by atoms with Crippen LogP contribution < -0.4 is 38.9 Å². The molecule has 0 heterocycles. The summed E-state index contributed by atoms with van der Waals surface area (Å²) in [5.41, 5.74) is 21.3. The molecule has 0 rings (SSSR count). The Morgan fingerprint density at radius 1 is 0.970 bits per heavy atom. The molecular weight excluding hydrogens is 456 g/mol. The zero-order valence-electron chi connectivity index (χ0n) is 18.5. The molecule has 0 aromatic rings. The molecule has 0 saturated heterocycles. The van der Waals surface area contributed by atoms with Gasteiger partial charge in [-0.15, -0.1) is 0 Å². The number of aliphatic imine (C=N–C) groups is 1. The van der Waals surface area contributed by atoms with Crippen molar-refractivity contribution in [2.45, 2.75) is 50.2 Å². The number of hydrogen-bond donors (Lipinski definition) is 8. The first kappa shape index (κ1) is 29.9. The van der Waals surface area contributed by atoms with Crippen molar-refractivity contribution in [2.75, 3.05) is 25.1 Å².